The van der Waals surface area contributed by atoms with Crippen LogP contribution in [0.25, 0.3) is 43.5 Å². The minimum atomic E-state index is 0.135. The number of anilines is 1. The predicted molar refractivity (Wildman–Crippen MR) is 129 cm³/mol. The first-order valence-electron chi connectivity index (χ1n) is 10.9. The molecule has 2 N–H and O–H groups in total. The monoisotopic (exact) mass is 458 g/mol. The highest BCUT2D eigenvalue weighted by molar-refractivity contribution is 7.17. The van der Waals surface area contributed by atoms with Crippen molar-refractivity contribution in [1.82, 2.24) is 24.6 Å². The average Bonchev–Trinajstić information content (AvgIpc) is 3.57. The molecule has 1 saturated heterocycles. The SMILES string of the molecule is CC(=O)N1CCC(n2cc(-c3cnc(N)c4oc(-c5csc6cnccc56)cc34)cn2)CC1. The maximum Gasteiger partial charge on any atom is 0.219 e. The second-order valence-electron chi connectivity index (χ2n) is 8.38. The smallest absolute Gasteiger partial charge is 0.219 e. The van der Waals surface area contributed by atoms with Crippen molar-refractivity contribution in [2.24, 2.45) is 0 Å². The molecule has 33 heavy (non-hydrogen) atoms. The van der Waals surface area contributed by atoms with Crippen LogP contribution in [0.3, 0.4) is 0 Å². The third-order valence-corrected chi connectivity index (χ3v) is 7.36. The van der Waals surface area contributed by atoms with E-state index >= 15 is 0 Å². The molecule has 5 aromatic heterocycles. The number of thiophene rings is 1. The zero-order chi connectivity index (χ0) is 22.5. The summed E-state index contributed by atoms with van der Waals surface area (Å²) < 4.78 is 9.32. The highest BCUT2D eigenvalue weighted by atomic mass is 32.1. The molecule has 166 valence electrons. The van der Waals surface area contributed by atoms with Crippen LogP contribution < -0.4 is 5.73 Å². The highest BCUT2D eigenvalue weighted by Gasteiger charge is 2.23. The zero-order valence-electron chi connectivity index (χ0n) is 18.1. The number of aromatic nitrogens is 4. The van der Waals surface area contributed by atoms with Gasteiger partial charge in [0.15, 0.2) is 11.4 Å². The number of amides is 1. The average molecular weight is 459 g/mol. The second-order valence-corrected chi connectivity index (χ2v) is 9.29. The summed E-state index contributed by atoms with van der Waals surface area (Å²) in [6, 6.07) is 4.31. The fourth-order valence-electron chi connectivity index (χ4n) is 4.60. The van der Waals surface area contributed by atoms with Crippen molar-refractivity contribution in [3.63, 3.8) is 0 Å². The number of fused-ring (bicyclic) bond motifs is 2. The molecule has 0 unspecified atom stereocenters. The summed E-state index contributed by atoms with van der Waals surface area (Å²) in [6.07, 6.45) is 11.1. The number of hydrogen-bond acceptors (Lipinski definition) is 7. The normalized spacial score (nSPS) is 15.0. The Kier molecular flexibility index (Phi) is 4.65. The minimum absolute atomic E-state index is 0.135. The van der Waals surface area contributed by atoms with Gasteiger partial charge in [0.1, 0.15) is 5.76 Å². The highest BCUT2D eigenvalue weighted by Crippen LogP contribution is 2.40. The molecule has 1 aliphatic heterocycles. The van der Waals surface area contributed by atoms with Gasteiger partial charge in [0, 0.05) is 77.6 Å². The number of hydrogen-bond donors (Lipinski definition) is 1. The predicted octanol–water partition coefficient (Wildman–Crippen LogP) is 4.73. The summed E-state index contributed by atoms with van der Waals surface area (Å²) in [7, 11) is 0. The van der Waals surface area contributed by atoms with Gasteiger partial charge in [-0.15, -0.1) is 11.3 Å². The van der Waals surface area contributed by atoms with E-state index in [1.165, 1.54) is 0 Å². The van der Waals surface area contributed by atoms with Gasteiger partial charge in [-0.3, -0.25) is 14.5 Å². The van der Waals surface area contributed by atoms with Crippen LogP contribution >= 0.6 is 11.3 Å². The van der Waals surface area contributed by atoms with Crippen LogP contribution in [-0.2, 0) is 4.79 Å². The van der Waals surface area contributed by atoms with Gasteiger partial charge < -0.3 is 15.1 Å². The van der Waals surface area contributed by atoms with Crippen molar-refractivity contribution in [2.45, 2.75) is 25.8 Å². The van der Waals surface area contributed by atoms with E-state index in [9.17, 15) is 4.79 Å². The maximum absolute atomic E-state index is 11.6. The Labute approximate surface area is 193 Å². The quantitative estimate of drug-likeness (QED) is 0.419. The van der Waals surface area contributed by atoms with Crippen molar-refractivity contribution in [1.29, 1.82) is 0 Å². The second kappa shape index (κ2) is 7.70. The van der Waals surface area contributed by atoms with E-state index in [1.54, 1.807) is 30.7 Å². The fourth-order valence-corrected chi connectivity index (χ4v) is 5.52. The summed E-state index contributed by atoms with van der Waals surface area (Å²) >= 11 is 1.64. The topological polar surface area (TPSA) is 103 Å². The molecule has 0 saturated carbocycles. The summed E-state index contributed by atoms with van der Waals surface area (Å²) in [4.78, 5) is 22.1. The number of furan rings is 1. The Morgan fingerprint density at radius 2 is 2.03 bits per heavy atom. The van der Waals surface area contributed by atoms with Crippen molar-refractivity contribution in [3.05, 3.63) is 48.5 Å². The Morgan fingerprint density at radius 1 is 1.18 bits per heavy atom. The largest absolute Gasteiger partial charge is 0.452 e. The molecule has 1 fully saturated rings. The number of carbonyl (C=O) groups is 1. The van der Waals surface area contributed by atoms with Gasteiger partial charge in [-0.05, 0) is 25.0 Å². The van der Waals surface area contributed by atoms with E-state index in [1.807, 2.05) is 34.1 Å². The number of piperidine rings is 1. The van der Waals surface area contributed by atoms with Crippen LogP contribution in [0.15, 0.2) is 52.9 Å². The third-order valence-electron chi connectivity index (χ3n) is 6.43. The first-order valence-corrected chi connectivity index (χ1v) is 11.8. The number of carbonyl (C=O) groups excluding carboxylic acids is 1. The van der Waals surface area contributed by atoms with Gasteiger partial charge in [-0.25, -0.2) is 4.98 Å². The lowest BCUT2D eigenvalue weighted by molar-refractivity contribution is -0.130. The summed E-state index contributed by atoms with van der Waals surface area (Å²) in [5, 5.41) is 8.73. The molecular weight excluding hydrogens is 436 g/mol. The van der Waals surface area contributed by atoms with Crippen LogP contribution in [0.2, 0.25) is 0 Å². The number of pyridine rings is 2. The van der Waals surface area contributed by atoms with Gasteiger partial charge in [-0.2, -0.15) is 5.10 Å². The van der Waals surface area contributed by atoms with E-state index in [2.05, 4.69) is 26.6 Å². The van der Waals surface area contributed by atoms with Gasteiger partial charge in [0.25, 0.3) is 0 Å². The number of nitrogen functional groups attached to an aromatic ring is 1. The number of likely N-dealkylation sites (tertiary alicyclic amines) is 1. The molecule has 1 aliphatic rings. The Hall–Kier alpha value is -3.72. The molecule has 1 amide bonds. The molecular formula is C24H22N6O2S. The van der Waals surface area contributed by atoms with Crippen molar-refractivity contribution in [2.75, 3.05) is 18.8 Å². The molecule has 6 heterocycles. The number of rotatable bonds is 3. The first-order chi connectivity index (χ1) is 16.1. The van der Waals surface area contributed by atoms with Crippen LogP contribution in [0.1, 0.15) is 25.8 Å². The van der Waals surface area contributed by atoms with E-state index in [-0.39, 0.29) is 11.9 Å². The van der Waals surface area contributed by atoms with Crippen molar-refractivity contribution in [3.8, 4) is 22.5 Å². The molecule has 0 radical (unpaired) electrons. The van der Waals surface area contributed by atoms with Crippen molar-refractivity contribution >= 4 is 44.1 Å². The molecule has 0 aliphatic carbocycles. The third kappa shape index (κ3) is 3.36. The molecule has 0 bridgehead atoms. The minimum Gasteiger partial charge on any atom is -0.452 e. The summed E-state index contributed by atoms with van der Waals surface area (Å²) in [6.45, 7) is 3.15. The van der Waals surface area contributed by atoms with Crippen molar-refractivity contribution < 1.29 is 9.21 Å². The Bertz CT molecular complexity index is 1490. The number of nitrogens with two attached hydrogens (primary N) is 1. The lowest BCUT2D eigenvalue weighted by atomic mass is 10.0. The van der Waals surface area contributed by atoms with E-state index in [4.69, 9.17) is 10.2 Å². The Balaban J connectivity index is 1.37. The zero-order valence-corrected chi connectivity index (χ0v) is 18.9. The first kappa shape index (κ1) is 19.9. The van der Waals surface area contributed by atoms with Gasteiger partial charge in [0.05, 0.1) is 16.9 Å². The molecule has 9 heteroatoms. The molecule has 5 aromatic rings. The van der Waals surface area contributed by atoms with Gasteiger partial charge >= 0.3 is 0 Å². The molecule has 0 aromatic carbocycles. The van der Waals surface area contributed by atoms with Crippen LogP contribution in [0, 0.1) is 0 Å². The van der Waals surface area contributed by atoms with Gasteiger partial charge in [0.2, 0.25) is 5.91 Å². The number of nitrogens with zero attached hydrogens (tertiary/aromatic N) is 5. The summed E-state index contributed by atoms with van der Waals surface area (Å²) in [5.41, 5.74) is 9.68. The fraction of sp³-hybridized carbons (Fsp3) is 0.250. The molecule has 0 atom stereocenters. The molecule has 0 spiro atoms. The van der Waals surface area contributed by atoms with E-state index in [0.717, 1.165) is 63.9 Å². The molecule has 8 nitrogen and oxygen atoms in total. The Morgan fingerprint density at radius 3 is 2.85 bits per heavy atom. The van der Waals surface area contributed by atoms with Gasteiger partial charge in [-0.1, -0.05) is 0 Å². The summed E-state index contributed by atoms with van der Waals surface area (Å²) in [5.74, 6) is 1.26. The van der Waals surface area contributed by atoms with Crippen LogP contribution in [0.4, 0.5) is 5.82 Å². The maximum atomic E-state index is 11.6. The van der Waals surface area contributed by atoms with E-state index in [0.29, 0.717) is 11.4 Å². The standard InChI is InChI=1S/C24H22N6O2S/c1-14(31)29-6-3-16(4-7-29)30-12-15(9-28-30)19-10-27-24(25)23-18(19)8-21(32-23)20-13-33-22-11-26-5-2-17(20)22/h2,5,8-13,16H,3-4,6-7H2,1H3,(H2,25,27). The lowest BCUT2D eigenvalue weighted by Gasteiger charge is -2.31. The van der Waals surface area contributed by atoms with Crippen LogP contribution in [-0.4, -0.2) is 43.6 Å². The van der Waals surface area contributed by atoms with Crippen LogP contribution in [0.5, 0.6) is 0 Å². The molecule has 6 rings (SSSR count). The lowest BCUT2D eigenvalue weighted by Crippen LogP contribution is -2.37. The van der Waals surface area contributed by atoms with E-state index < -0.39 is 0 Å².